The van der Waals surface area contributed by atoms with E-state index in [1.165, 1.54) is 70.2 Å². The maximum atomic E-state index is 5.17. The second-order valence-corrected chi connectivity index (χ2v) is 15.8. The van der Waals surface area contributed by atoms with Gasteiger partial charge in [0.25, 0.3) is 0 Å². The van der Waals surface area contributed by atoms with E-state index in [9.17, 15) is 0 Å². The minimum Gasteiger partial charge on any atom is -0.208 e. The highest BCUT2D eigenvalue weighted by atomic mass is 32.1. The SMILES string of the molecule is c1ccc(-c2nc(-c3ccc(-c4ccc5c(c4)-c4ccccc4C54c5ccccc5-c5ccccc54)cc3)nc(-c3cccc4sc5ccccc5c34)n2)cc1. The lowest BCUT2D eigenvalue weighted by atomic mass is 9.70. The van der Waals surface area contributed by atoms with E-state index in [1.807, 2.05) is 18.2 Å². The van der Waals surface area contributed by atoms with E-state index in [2.05, 4.69) is 170 Å². The van der Waals surface area contributed by atoms with Gasteiger partial charge in [0, 0.05) is 36.9 Å². The number of thiophene rings is 1. The fourth-order valence-corrected chi connectivity index (χ4v) is 10.5. The molecule has 0 saturated carbocycles. The number of hydrogen-bond acceptors (Lipinski definition) is 4. The molecule has 2 aliphatic rings. The van der Waals surface area contributed by atoms with E-state index in [1.54, 1.807) is 11.3 Å². The Morgan fingerprint density at radius 2 is 0.804 bits per heavy atom. The molecule has 56 heavy (non-hydrogen) atoms. The van der Waals surface area contributed by atoms with Gasteiger partial charge in [-0.15, -0.1) is 11.3 Å². The molecule has 3 nitrogen and oxygen atoms in total. The Bertz CT molecular complexity index is 3150. The van der Waals surface area contributed by atoms with Crippen LogP contribution in [0, 0.1) is 0 Å². The van der Waals surface area contributed by atoms with Crippen LogP contribution in [0.3, 0.4) is 0 Å². The smallest absolute Gasteiger partial charge is 0.164 e. The highest BCUT2D eigenvalue weighted by Gasteiger charge is 2.51. The molecule has 0 radical (unpaired) electrons. The third-order valence-electron chi connectivity index (χ3n) is 11.8. The van der Waals surface area contributed by atoms with Gasteiger partial charge < -0.3 is 0 Å². The Kier molecular flexibility index (Phi) is 6.72. The van der Waals surface area contributed by atoms with E-state index in [0.717, 1.165) is 22.3 Å². The Morgan fingerprint density at radius 1 is 0.321 bits per heavy atom. The summed E-state index contributed by atoms with van der Waals surface area (Å²) in [6.45, 7) is 0. The Morgan fingerprint density at radius 3 is 1.50 bits per heavy atom. The molecular formula is C52H31N3S. The molecule has 2 heterocycles. The van der Waals surface area contributed by atoms with Gasteiger partial charge in [-0.1, -0.05) is 170 Å². The van der Waals surface area contributed by atoms with E-state index in [4.69, 9.17) is 15.0 Å². The third-order valence-corrected chi connectivity index (χ3v) is 12.9. The van der Waals surface area contributed by atoms with Crippen molar-refractivity contribution in [1.29, 1.82) is 0 Å². The molecule has 2 aromatic heterocycles. The molecule has 0 saturated heterocycles. The number of rotatable bonds is 4. The predicted octanol–water partition coefficient (Wildman–Crippen LogP) is 13.3. The van der Waals surface area contributed by atoms with Crippen LogP contribution < -0.4 is 0 Å². The summed E-state index contributed by atoms with van der Waals surface area (Å²) in [5.41, 5.74) is 15.6. The Balaban J connectivity index is 0.982. The van der Waals surface area contributed by atoms with E-state index >= 15 is 0 Å². The standard InChI is InChI=1S/C52H31N3S/c1-2-13-33(14-3-1)49-53-50(55-51(54-49)40-19-12-24-47-48(40)39-18-7-11-23-46(39)56-47)34-27-25-32(26-28-34)35-29-30-45-41(31-35)38-17-6-10-22-44(38)52(45)42-20-8-4-15-36(42)37-16-5-9-21-43(37)52/h1-31H. The molecule has 1 spiro atoms. The van der Waals surface area contributed by atoms with Crippen molar-refractivity contribution in [3.63, 3.8) is 0 Å². The van der Waals surface area contributed by atoms with Gasteiger partial charge in [0.15, 0.2) is 17.5 Å². The van der Waals surface area contributed by atoms with Crippen molar-refractivity contribution in [2.24, 2.45) is 0 Å². The van der Waals surface area contributed by atoms with Crippen LogP contribution in [0.1, 0.15) is 22.3 Å². The first kappa shape index (κ1) is 31.4. The van der Waals surface area contributed by atoms with Crippen LogP contribution in [0.4, 0.5) is 0 Å². The van der Waals surface area contributed by atoms with Crippen molar-refractivity contribution in [1.82, 2.24) is 15.0 Å². The minimum atomic E-state index is -0.339. The van der Waals surface area contributed by atoms with Gasteiger partial charge in [-0.2, -0.15) is 0 Å². The summed E-state index contributed by atoms with van der Waals surface area (Å²) < 4.78 is 2.48. The molecule has 12 rings (SSSR count). The average Bonchev–Trinajstić information content (AvgIpc) is 3.91. The van der Waals surface area contributed by atoms with Crippen LogP contribution in [0.5, 0.6) is 0 Å². The molecule has 4 heteroatoms. The maximum Gasteiger partial charge on any atom is 0.164 e. The predicted molar refractivity (Wildman–Crippen MR) is 231 cm³/mol. The number of aromatic nitrogens is 3. The summed E-state index contributed by atoms with van der Waals surface area (Å²) in [5.74, 6) is 1.99. The van der Waals surface area contributed by atoms with E-state index < -0.39 is 0 Å². The lowest BCUT2D eigenvalue weighted by molar-refractivity contribution is 0.794. The second-order valence-electron chi connectivity index (χ2n) is 14.7. The average molecular weight is 730 g/mol. The molecular weight excluding hydrogens is 699 g/mol. The molecule has 0 atom stereocenters. The highest BCUT2D eigenvalue weighted by Crippen LogP contribution is 2.63. The summed E-state index contributed by atoms with van der Waals surface area (Å²) in [7, 11) is 0. The molecule has 0 aliphatic heterocycles. The van der Waals surface area contributed by atoms with Crippen molar-refractivity contribution >= 4 is 31.5 Å². The largest absolute Gasteiger partial charge is 0.208 e. The molecule has 0 unspecified atom stereocenters. The molecule has 0 amide bonds. The first-order chi connectivity index (χ1) is 27.8. The van der Waals surface area contributed by atoms with E-state index in [-0.39, 0.29) is 5.41 Å². The molecule has 0 N–H and O–H groups in total. The normalized spacial score (nSPS) is 13.1. The molecule has 10 aromatic rings. The Labute approximate surface area is 328 Å². The van der Waals surface area contributed by atoms with Gasteiger partial charge in [0.2, 0.25) is 0 Å². The van der Waals surface area contributed by atoms with Crippen LogP contribution in [-0.4, -0.2) is 15.0 Å². The molecule has 260 valence electrons. The third kappa shape index (κ3) is 4.42. The number of fused-ring (bicyclic) bond motifs is 13. The van der Waals surface area contributed by atoms with Crippen LogP contribution >= 0.6 is 11.3 Å². The lowest BCUT2D eigenvalue weighted by Crippen LogP contribution is -2.25. The Hall–Kier alpha value is -7.01. The highest BCUT2D eigenvalue weighted by molar-refractivity contribution is 7.25. The number of benzene rings is 8. The molecule has 8 aromatic carbocycles. The summed E-state index contributed by atoms with van der Waals surface area (Å²) >= 11 is 1.80. The van der Waals surface area contributed by atoms with Crippen LogP contribution in [0.25, 0.3) is 87.7 Å². The summed E-state index contributed by atoms with van der Waals surface area (Å²) in [6, 6.07) is 67.9. The zero-order chi connectivity index (χ0) is 36.8. The van der Waals surface area contributed by atoms with Crippen molar-refractivity contribution in [2.75, 3.05) is 0 Å². The maximum absolute atomic E-state index is 5.17. The van der Waals surface area contributed by atoms with Gasteiger partial charge in [-0.05, 0) is 73.8 Å². The summed E-state index contributed by atoms with van der Waals surface area (Å²) in [4.78, 5) is 15.3. The summed E-state index contributed by atoms with van der Waals surface area (Å²) in [6.07, 6.45) is 0. The first-order valence-electron chi connectivity index (χ1n) is 19.0. The molecule has 0 bridgehead atoms. The first-order valence-corrected chi connectivity index (χ1v) is 19.8. The second kappa shape index (κ2) is 12.0. The van der Waals surface area contributed by atoms with Gasteiger partial charge in [0.1, 0.15) is 0 Å². The molecule has 0 fully saturated rings. The zero-order valence-electron chi connectivity index (χ0n) is 30.1. The van der Waals surface area contributed by atoms with Gasteiger partial charge >= 0.3 is 0 Å². The topological polar surface area (TPSA) is 38.7 Å². The number of hydrogen-bond donors (Lipinski definition) is 0. The fraction of sp³-hybridized carbons (Fsp3) is 0.0192. The van der Waals surface area contributed by atoms with E-state index in [0.29, 0.717) is 17.5 Å². The summed E-state index contributed by atoms with van der Waals surface area (Å²) in [5, 5.41) is 2.41. The fourth-order valence-electron chi connectivity index (χ4n) is 9.39. The number of nitrogens with zero attached hydrogens (tertiary/aromatic N) is 3. The van der Waals surface area contributed by atoms with Crippen LogP contribution in [0.2, 0.25) is 0 Å². The quantitative estimate of drug-likeness (QED) is 0.181. The van der Waals surface area contributed by atoms with Crippen LogP contribution in [0.15, 0.2) is 188 Å². The van der Waals surface area contributed by atoms with Crippen molar-refractivity contribution in [2.45, 2.75) is 5.41 Å². The van der Waals surface area contributed by atoms with Gasteiger partial charge in [-0.25, -0.2) is 15.0 Å². The lowest BCUT2D eigenvalue weighted by Gasteiger charge is -2.30. The van der Waals surface area contributed by atoms with Crippen molar-refractivity contribution in [3.8, 4) is 67.5 Å². The zero-order valence-corrected chi connectivity index (χ0v) is 31.0. The van der Waals surface area contributed by atoms with Gasteiger partial charge in [0.05, 0.1) is 5.41 Å². The monoisotopic (exact) mass is 729 g/mol. The van der Waals surface area contributed by atoms with Crippen molar-refractivity contribution < 1.29 is 0 Å². The van der Waals surface area contributed by atoms with Crippen LogP contribution in [-0.2, 0) is 5.41 Å². The molecule has 2 aliphatic carbocycles. The minimum absolute atomic E-state index is 0.339. The van der Waals surface area contributed by atoms with Gasteiger partial charge in [-0.3, -0.25) is 0 Å². The van der Waals surface area contributed by atoms with Crippen molar-refractivity contribution in [3.05, 3.63) is 210 Å².